The van der Waals surface area contributed by atoms with Crippen molar-refractivity contribution in [1.82, 2.24) is 14.8 Å². The van der Waals surface area contributed by atoms with Crippen molar-refractivity contribution in [3.63, 3.8) is 0 Å². The molecular formula is C14H24N4. The lowest BCUT2D eigenvalue weighted by Gasteiger charge is -2.22. The second-order valence-corrected chi connectivity index (χ2v) is 5.52. The Hall–Kier alpha value is -0.970. The Morgan fingerprint density at radius 2 is 2.22 bits per heavy atom. The summed E-state index contributed by atoms with van der Waals surface area (Å²) in [5, 5.41) is 0. The van der Waals surface area contributed by atoms with Crippen molar-refractivity contribution < 1.29 is 0 Å². The molecule has 0 radical (unpaired) electrons. The molecular weight excluding hydrogens is 224 g/mol. The molecule has 2 rings (SSSR count). The molecule has 0 aromatic carbocycles. The zero-order valence-corrected chi connectivity index (χ0v) is 11.6. The van der Waals surface area contributed by atoms with E-state index in [2.05, 4.69) is 41.9 Å². The maximum absolute atomic E-state index is 5.76. The van der Waals surface area contributed by atoms with Crippen LogP contribution in [-0.4, -0.2) is 48.0 Å². The van der Waals surface area contributed by atoms with Crippen LogP contribution in [-0.2, 0) is 13.1 Å². The third-order valence-corrected chi connectivity index (χ3v) is 3.89. The molecule has 18 heavy (non-hydrogen) atoms. The fraction of sp³-hybridized carbons (Fsp3) is 0.643. The van der Waals surface area contributed by atoms with Crippen LogP contribution in [0.5, 0.6) is 0 Å². The zero-order chi connectivity index (χ0) is 13.1. The van der Waals surface area contributed by atoms with Crippen LogP contribution in [0.15, 0.2) is 18.3 Å². The number of hydrogen-bond acceptors (Lipinski definition) is 4. The second-order valence-electron chi connectivity index (χ2n) is 5.52. The van der Waals surface area contributed by atoms with Gasteiger partial charge >= 0.3 is 0 Å². The summed E-state index contributed by atoms with van der Waals surface area (Å²) in [6.45, 7) is 6.08. The summed E-state index contributed by atoms with van der Waals surface area (Å²) in [7, 11) is 4.33. The van der Waals surface area contributed by atoms with Crippen LogP contribution >= 0.6 is 0 Å². The van der Waals surface area contributed by atoms with Gasteiger partial charge in [-0.15, -0.1) is 0 Å². The van der Waals surface area contributed by atoms with Crippen LogP contribution in [0.2, 0.25) is 0 Å². The first-order valence-corrected chi connectivity index (χ1v) is 6.63. The largest absolute Gasteiger partial charge is 0.326 e. The Morgan fingerprint density at radius 3 is 2.83 bits per heavy atom. The Morgan fingerprint density at radius 1 is 1.44 bits per heavy atom. The minimum absolute atomic E-state index is 0.573. The van der Waals surface area contributed by atoms with E-state index in [0.717, 1.165) is 25.3 Å². The third kappa shape index (κ3) is 2.88. The Kier molecular flexibility index (Phi) is 4.32. The Balaban J connectivity index is 2.03. The molecule has 2 unspecified atom stereocenters. The first-order chi connectivity index (χ1) is 8.61. The number of likely N-dealkylation sites (tertiary alicyclic amines) is 1. The number of nitrogens with zero attached hydrogens (tertiary/aromatic N) is 3. The Bertz CT molecular complexity index is 391. The number of likely N-dealkylation sites (N-methyl/N-ethyl adjacent to an activating group) is 1. The number of nitrogens with two attached hydrogens (primary N) is 1. The Labute approximate surface area is 110 Å². The van der Waals surface area contributed by atoms with Gasteiger partial charge in [0.25, 0.3) is 0 Å². The highest BCUT2D eigenvalue weighted by atomic mass is 15.2. The fourth-order valence-electron chi connectivity index (χ4n) is 2.86. The van der Waals surface area contributed by atoms with E-state index in [4.69, 9.17) is 5.73 Å². The molecule has 100 valence electrons. The highest BCUT2D eigenvalue weighted by Gasteiger charge is 2.31. The second kappa shape index (κ2) is 5.78. The molecule has 0 saturated carbocycles. The topological polar surface area (TPSA) is 45.4 Å². The van der Waals surface area contributed by atoms with E-state index >= 15 is 0 Å². The van der Waals surface area contributed by atoms with Gasteiger partial charge in [-0.25, -0.2) is 0 Å². The smallest absolute Gasteiger partial charge is 0.0588 e. The van der Waals surface area contributed by atoms with Gasteiger partial charge in [0.05, 0.1) is 5.69 Å². The molecule has 0 spiro atoms. The lowest BCUT2D eigenvalue weighted by molar-refractivity contribution is 0.249. The summed E-state index contributed by atoms with van der Waals surface area (Å²) in [6.07, 6.45) is 1.86. The molecule has 1 aromatic heterocycles. The predicted octanol–water partition coefficient (Wildman–Crippen LogP) is 0.922. The SMILES string of the molecule is CC1CN(Cc2ncccc2CN)CC1N(C)C. The predicted molar refractivity (Wildman–Crippen MR) is 74.0 cm³/mol. The van der Waals surface area contributed by atoms with Gasteiger partial charge in [0, 0.05) is 38.4 Å². The van der Waals surface area contributed by atoms with Crippen LogP contribution in [0.4, 0.5) is 0 Å². The molecule has 1 fully saturated rings. The van der Waals surface area contributed by atoms with Gasteiger partial charge in [0.2, 0.25) is 0 Å². The average molecular weight is 248 g/mol. The van der Waals surface area contributed by atoms with E-state index in [9.17, 15) is 0 Å². The summed E-state index contributed by atoms with van der Waals surface area (Å²) in [5.41, 5.74) is 8.06. The van der Waals surface area contributed by atoms with Gasteiger partial charge in [-0.1, -0.05) is 13.0 Å². The number of hydrogen-bond donors (Lipinski definition) is 1. The van der Waals surface area contributed by atoms with Crippen molar-refractivity contribution in [3.8, 4) is 0 Å². The van der Waals surface area contributed by atoms with E-state index in [1.807, 2.05) is 12.3 Å². The molecule has 2 atom stereocenters. The van der Waals surface area contributed by atoms with Crippen LogP contribution in [0.3, 0.4) is 0 Å². The van der Waals surface area contributed by atoms with Crippen molar-refractivity contribution in [2.24, 2.45) is 11.7 Å². The van der Waals surface area contributed by atoms with Crippen molar-refractivity contribution in [1.29, 1.82) is 0 Å². The van der Waals surface area contributed by atoms with E-state index in [1.165, 1.54) is 5.56 Å². The number of aromatic nitrogens is 1. The van der Waals surface area contributed by atoms with Crippen LogP contribution in [0, 0.1) is 5.92 Å². The summed E-state index contributed by atoms with van der Waals surface area (Å²) >= 11 is 0. The van der Waals surface area contributed by atoms with Gasteiger partial charge < -0.3 is 10.6 Å². The summed E-state index contributed by atoms with van der Waals surface area (Å²) in [5.74, 6) is 0.713. The quantitative estimate of drug-likeness (QED) is 0.861. The molecule has 0 amide bonds. The third-order valence-electron chi connectivity index (χ3n) is 3.89. The van der Waals surface area contributed by atoms with Crippen LogP contribution < -0.4 is 5.73 Å². The molecule has 4 heteroatoms. The van der Waals surface area contributed by atoms with Gasteiger partial charge in [-0.2, -0.15) is 0 Å². The molecule has 1 aromatic rings. The number of pyridine rings is 1. The van der Waals surface area contributed by atoms with Gasteiger partial charge in [0.1, 0.15) is 0 Å². The molecule has 2 N–H and O–H groups in total. The monoisotopic (exact) mass is 248 g/mol. The lowest BCUT2D eigenvalue weighted by atomic mass is 10.1. The molecule has 2 heterocycles. The zero-order valence-electron chi connectivity index (χ0n) is 11.6. The van der Waals surface area contributed by atoms with E-state index in [0.29, 0.717) is 18.5 Å². The molecule has 0 bridgehead atoms. The minimum atomic E-state index is 0.573. The highest BCUT2D eigenvalue weighted by molar-refractivity contribution is 5.19. The molecule has 0 aliphatic carbocycles. The maximum Gasteiger partial charge on any atom is 0.0588 e. The first-order valence-electron chi connectivity index (χ1n) is 6.63. The number of rotatable bonds is 4. The van der Waals surface area contributed by atoms with Crippen molar-refractivity contribution >= 4 is 0 Å². The molecule has 1 saturated heterocycles. The van der Waals surface area contributed by atoms with E-state index in [-0.39, 0.29) is 0 Å². The standard InChI is InChI=1S/C14H24N4/c1-11-8-18(10-14(11)17(2)3)9-13-12(7-15)5-4-6-16-13/h4-6,11,14H,7-10,15H2,1-3H3. The van der Waals surface area contributed by atoms with Crippen LogP contribution in [0.1, 0.15) is 18.2 Å². The minimum Gasteiger partial charge on any atom is -0.326 e. The fourth-order valence-corrected chi connectivity index (χ4v) is 2.86. The van der Waals surface area contributed by atoms with Gasteiger partial charge in [0.15, 0.2) is 0 Å². The molecule has 1 aliphatic heterocycles. The lowest BCUT2D eigenvalue weighted by Crippen LogP contribution is -2.34. The van der Waals surface area contributed by atoms with Crippen molar-refractivity contribution in [3.05, 3.63) is 29.6 Å². The summed E-state index contributed by atoms with van der Waals surface area (Å²) < 4.78 is 0. The van der Waals surface area contributed by atoms with Crippen molar-refractivity contribution in [2.45, 2.75) is 26.1 Å². The molecule has 1 aliphatic rings. The highest BCUT2D eigenvalue weighted by Crippen LogP contribution is 2.22. The average Bonchev–Trinajstić information content (AvgIpc) is 2.71. The summed E-state index contributed by atoms with van der Waals surface area (Å²) in [6, 6.07) is 4.68. The van der Waals surface area contributed by atoms with E-state index < -0.39 is 0 Å². The van der Waals surface area contributed by atoms with Gasteiger partial charge in [-0.05, 0) is 31.6 Å². The van der Waals surface area contributed by atoms with Crippen molar-refractivity contribution in [2.75, 3.05) is 27.2 Å². The van der Waals surface area contributed by atoms with Crippen LogP contribution in [0.25, 0.3) is 0 Å². The van der Waals surface area contributed by atoms with E-state index in [1.54, 1.807) is 0 Å². The molecule has 4 nitrogen and oxygen atoms in total. The normalized spacial score (nSPS) is 24.9. The first kappa shape index (κ1) is 13.5. The maximum atomic E-state index is 5.76. The van der Waals surface area contributed by atoms with Gasteiger partial charge in [-0.3, -0.25) is 9.88 Å². The summed E-state index contributed by atoms with van der Waals surface area (Å²) in [4.78, 5) is 9.28.